The maximum Gasteiger partial charge on any atom is 0.244 e. The van der Waals surface area contributed by atoms with Gasteiger partial charge in [0.15, 0.2) is 0 Å². The van der Waals surface area contributed by atoms with Crippen LogP contribution in [0.4, 0.5) is 0 Å². The molecular formula is C14H26N2O4S. The van der Waals surface area contributed by atoms with Crippen LogP contribution >= 0.6 is 0 Å². The average molecular weight is 318 g/mol. The third-order valence-electron chi connectivity index (χ3n) is 3.33. The van der Waals surface area contributed by atoms with Crippen molar-refractivity contribution in [3.05, 3.63) is 17.1 Å². The number of sulfonamides is 1. The van der Waals surface area contributed by atoms with Crippen molar-refractivity contribution in [2.45, 2.75) is 51.6 Å². The Kier molecular flexibility index (Phi) is 6.86. The van der Waals surface area contributed by atoms with Gasteiger partial charge in [-0.2, -0.15) is 0 Å². The van der Waals surface area contributed by atoms with E-state index in [-0.39, 0.29) is 10.9 Å². The number of methoxy groups -OCH3 is 1. The van der Waals surface area contributed by atoms with E-state index in [1.54, 1.807) is 21.0 Å². The lowest BCUT2D eigenvalue weighted by atomic mass is 10.2. The van der Waals surface area contributed by atoms with E-state index in [9.17, 15) is 8.42 Å². The van der Waals surface area contributed by atoms with Gasteiger partial charge >= 0.3 is 0 Å². The molecule has 0 aliphatic rings. The topological polar surface area (TPSA) is 80.6 Å². The van der Waals surface area contributed by atoms with Crippen LogP contribution in [-0.4, -0.2) is 34.7 Å². The van der Waals surface area contributed by atoms with Crippen LogP contribution < -0.4 is 10.0 Å². The van der Waals surface area contributed by atoms with E-state index < -0.39 is 10.0 Å². The van der Waals surface area contributed by atoms with Crippen LogP contribution in [0.15, 0.2) is 9.31 Å². The Labute approximate surface area is 127 Å². The van der Waals surface area contributed by atoms with E-state index in [1.807, 2.05) is 13.8 Å². The zero-order valence-electron chi connectivity index (χ0n) is 13.4. The van der Waals surface area contributed by atoms with Crippen molar-refractivity contribution >= 4 is 10.0 Å². The fraction of sp³-hybridized carbons (Fsp3) is 0.714. The molecule has 0 saturated heterocycles. The number of aryl methyl sites for hydroxylation is 2. The maximum absolute atomic E-state index is 12.6. The lowest BCUT2D eigenvalue weighted by molar-refractivity contribution is 0.173. The second-order valence-electron chi connectivity index (χ2n) is 4.98. The fourth-order valence-corrected chi connectivity index (χ4v) is 3.98. The summed E-state index contributed by atoms with van der Waals surface area (Å²) in [7, 11) is -2.07. The highest BCUT2D eigenvalue weighted by atomic mass is 32.2. The first-order valence-corrected chi connectivity index (χ1v) is 8.66. The SMILES string of the molecule is CCNCc1c(C)oc(C)c1S(=O)(=O)NC(CC)COC. The highest BCUT2D eigenvalue weighted by molar-refractivity contribution is 7.89. The van der Waals surface area contributed by atoms with E-state index in [4.69, 9.17) is 9.15 Å². The third-order valence-corrected chi connectivity index (χ3v) is 5.04. The second-order valence-corrected chi connectivity index (χ2v) is 6.64. The molecule has 0 fully saturated rings. The summed E-state index contributed by atoms with van der Waals surface area (Å²) in [6, 6.07) is -0.249. The van der Waals surface area contributed by atoms with Crippen molar-refractivity contribution in [3.63, 3.8) is 0 Å². The summed E-state index contributed by atoms with van der Waals surface area (Å²) in [6.07, 6.45) is 0.658. The molecule has 7 heteroatoms. The Bertz CT molecular complexity index is 552. The molecule has 0 aliphatic heterocycles. The van der Waals surface area contributed by atoms with Crippen LogP contribution in [0.5, 0.6) is 0 Å². The van der Waals surface area contributed by atoms with Crippen molar-refractivity contribution in [1.29, 1.82) is 0 Å². The van der Waals surface area contributed by atoms with Crippen LogP contribution in [0.25, 0.3) is 0 Å². The van der Waals surface area contributed by atoms with Crippen molar-refractivity contribution in [1.82, 2.24) is 10.0 Å². The molecule has 1 rings (SSSR count). The van der Waals surface area contributed by atoms with Gasteiger partial charge in [0, 0.05) is 25.3 Å². The van der Waals surface area contributed by atoms with Gasteiger partial charge in [0.25, 0.3) is 0 Å². The maximum atomic E-state index is 12.6. The standard InChI is InChI=1S/C14H26N2O4S/c1-6-12(9-19-5)16-21(17,18)14-11(4)20-10(3)13(14)8-15-7-2/h12,15-16H,6-9H2,1-5H3. The van der Waals surface area contributed by atoms with Gasteiger partial charge in [-0.25, -0.2) is 13.1 Å². The molecule has 0 radical (unpaired) electrons. The summed E-state index contributed by atoms with van der Waals surface area (Å²) in [4.78, 5) is 0.246. The third kappa shape index (κ3) is 4.54. The number of rotatable bonds is 9. The lowest BCUT2D eigenvalue weighted by Gasteiger charge is -2.16. The summed E-state index contributed by atoms with van der Waals surface area (Å²) in [6.45, 7) is 8.92. The van der Waals surface area contributed by atoms with Gasteiger partial charge in [0.2, 0.25) is 10.0 Å². The van der Waals surface area contributed by atoms with Crippen LogP contribution in [0, 0.1) is 13.8 Å². The summed E-state index contributed by atoms with van der Waals surface area (Å²) in [5.74, 6) is 1.05. The average Bonchev–Trinajstić information content (AvgIpc) is 2.70. The number of furan rings is 1. The first-order valence-electron chi connectivity index (χ1n) is 7.18. The van der Waals surface area contributed by atoms with Crippen LogP contribution in [0.1, 0.15) is 37.4 Å². The zero-order chi connectivity index (χ0) is 16.0. The Balaban J connectivity index is 3.12. The molecule has 0 aromatic carbocycles. The molecule has 1 aromatic heterocycles. The van der Waals surface area contributed by atoms with Gasteiger partial charge in [-0.15, -0.1) is 0 Å². The first-order chi connectivity index (χ1) is 9.87. The fourth-order valence-electron chi connectivity index (χ4n) is 2.23. The van der Waals surface area contributed by atoms with E-state index in [1.165, 1.54) is 0 Å². The molecule has 6 nitrogen and oxygen atoms in total. The van der Waals surface area contributed by atoms with Gasteiger partial charge in [0.1, 0.15) is 16.4 Å². The number of hydrogen-bond donors (Lipinski definition) is 2. The van der Waals surface area contributed by atoms with Crippen LogP contribution in [0.3, 0.4) is 0 Å². The molecule has 0 aliphatic carbocycles. The molecule has 1 atom stereocenters. The van der Waals surface area contributed by atoms with Gasteiger partial charge < -0.3 is 14.5 Å². The van der Waals surface area contributed by atoms with Crippen molar-refractivity contribution in [3.8, 4) is 0 Å². The molecule has 0 amide bonds. The quantitative estimate of drug-likeness (QED) is 0.724. The van der Waals surface area contributed by atoms with E-state index >= 15 is 0 Å². The molecular weight excluding hydrogens is 292 g/mol. The molecule has 0 spiro atoms. The number of ether oxygens (including phenoxy) is 1. The summed E-state index contributed by atoms with van der Waals surface area (Å²) in [5.41, 5.74) is 0.689. The second kappa shape index (κ2) is 7.93. The normalized spacial score (nSPS) is 13.6. The molecule has 0 bridgehead atoms. The molecule has 1 unspecified atom stereocenters. The Morgan fingerprint density at radius 2 is 1.90 bits per heavy atom. The minimum atomic E-state index is -3.63. The van der Waals surface area contributed by atoms with Gasteiger partial charge in [0.05, 0.1) is 6.61 Å². The smallest absolute Gasteiger partial charge is 0.244 e. The highest BCUT2D eigenvalue weighted by Crippen LogP contribution is 2.26. The first kappa shape index (κ1) is 18.2. The highest BCUT2D eigenvalue weighted by Gasteiger charge is 2.28. The van der Waals surface area contributed by atoms with Gasteiger partial charge in [-0.1, -0.05) is 13.8 Å². The minimum absolute atomic E-state index is 0.246. The van der Waals surface area contributed by atoms with E-state index in [2.05, 4.69) is 10.0 Å². The molecule has 122 valence electrons. The molecule has 1 heterocycles. The number of nitrogens with one attached hydrogen (secondary N) is 2. The van der Waals surface area contributed by atoms with Crippen LogP contribution in [-0.2, 0) is 21.3 Å². The monoisotopic (exact) mass is 318 g/mol. The molecule has 1 aromatic rings. The minimum Gasteiger partial charge on any atom is -0.465 e. The van der Waals surface area contributed by atoms with Gasteiger partial charge in [-0.05, 0) is 26.8 Å². The van der Waals surface area contributed by atoms with E-state index in [0.717, 1.165) is 6.54 Å². The zero-order valence-corrected chi connectivity index (χ0v) is 14.3. The summed E-state index contributed by atoms with van der Waals surface area (Å²) < 4.78 is 38.5. The Morgan fingerprint density at radius 3 is 2.43 bits per heavy atom. The lowest BCUT2D eigenvalue weighted by Crippen LogP contribution is -2.38. The van der Waals surface area contributed by atoms with Crippen molar-refractivity contribution in [2.24, 2.45) is 0 Å². The summed E-state index contributed by atoms with van der Waals surface area (Å²) >= 11 is 0. The Hall–Kier alpha value is -0.890. The predicted octanol–water partition coefficient (Wildman–Crippen LogP) is 1.71. The number of hydrogen-bond acceptors (Lipinski definition) is 5. The van der Waals surface area contributed by atoms with Crippen molar-refractivity contribution < 1.29 is 17.6 Å². The van der Waals surface area contributed by atoms with Gasteiger partial charge in [-0.3, -0.25) is 0 Å². The Morgan fingerprint density at radius 1 is 1.24 bits per heavy atom. The molecule has 21 heavy (non-hydrogen) atoms. The molecule has 0 saturated carbocycles. The largest absolute Gasteiger partial charge is 0.465 e. The predicted molar refractivity (Wildman–Crippen MR) is 81.8 cm³/mol. The molecule has 2 N–H and O–H groups in total. The van der Waals surface area contributed by atoms with Crippen molar-refractivity contribution in [2.75, 3.05) is 20.3 Å². The summed E-state index contributed by atoms with van der Waals surface area (Å²) in [5, 5.41) is 3.15. The van der Waals surface area contributed by atoms with E-state index in [0.29, 0.717) is 36.7 Å². The van der Waals surface area contributed by atoms with Crippen LogP contribution in [0.2, 0.25) is 0 Å².